The lowest BCUT2D eigenvalue weighted by Crippen LogP contribution is -2.49. The number of nitriles is 1. The summed E-state index contributed by atoms with van der Waals surface area (Å²) in [5.41, 5.74) is 2.09. The molecule has 3 amide bonds. The van der Waals surface area contributed by atoms with E-state index < -0.39 is 6.03 Å². The maximum absolute atomic E-state index is 13.2. The number of aromatic nitrogens is 2. The van der Waals surface area contributed by atoms with Crippen LogP contribution < -0.4 is 16.2 Å². The fourth-order valence-corrected chi connectivity index (χ4v) is 4.81. The van der Waals surface area contributed by atoms with Crippen LogP contribution in [-0.2, 0) is 6.54 Å². The van der Waals surface area contributed by atoms with Crippen LogP contribution in [0.3, 0.4) is 0 Å². The predicted octanol–water partition coefficient (Wildman–Crippen LogP) is 3.02. The van der Waals surface area contributed by atoms with Gasteiger partial charge in [0.15, 0.2) is 0 Å². The molecule has 2 bridgehead atoms. The molecule has 2 aliphatic rings. The van der Waals surface area contributed by atoms with E-state index in [4.69, 9.17) is 5.26 Å². The minimum Gasteiger partial charge on any atom is -0.336 e. The van der Waals surface area contributed by atoms with Crippen LogP contribution >= 0.6 is 0 Å². The lowest BCUT2D eigenvalue weighted by Gasteiger charge is -2.42. The van der Waals surface area contributed by atoms with Gasteiger partial charge in [-0.1, -0.05) is 12.1 Å². The molecule has 2 atom stereocenters. The van der Waals surface area contributed by atoms with Gasteiger partial charge in [-0.05, 0) is 54.8 Å². The highest BCUT2D eigenvalue weighted by Crippen LogP contribution is 2.35. The van der Waals surface area contributed by atoms with Gasteiger partial charge in [0.05, 0.1) is 11.6 Å². The number of piperidine rings is 1. The smallest absolute Gasteiger partial charge is 0.323 e. The van der Waals surface area contributed by atoms with Crippen LogP contribution in [0, 0.1) is 17.2 Å². The molecule has 1 fully saturated rings. The van der Waals surface area contributed by atoms with Crippen molar-refractivity contribution in [3.63, 3.8) is 0 Å². The maximum atomic E-state index is 13.2. The summed E-state index contributed by atoms with van der Waals surface area (Å²) in [6, 6.07) is 16.7. The van der Waals surface area contributed by atoms with Crippen molar-refractivity contribution in [3.8, 4) is 6.07 Å². The second-order valence-corrected chi connectivity index (χ2v) is 8.58. The molecular formula is C25H22N6O3. The highest BCUT2D eigenvalue weighted by Gasteiger charge is 2.37. The Morgan fingerprint density at radius 2 is 1.91 bits per heavy atom. The Labute approximate surface area is 195 Å². The average Bonchev–Trinajstić information content (AvgIpc) is 2.86. The van der Waals surface area contributed by atoms with E-state index in [9.17, 15) is 14.4 Å². The van der Waals surface area contributed by atoms with Crippen molar-refractivity contribution in [2.24, 2.45) is 5.92 Å². The Morgan fingerprint density at radius 3 is 2.71 bits per heavy atom. The van der Waals surface area contributed by atoms with Gasteiger partial charge >= 0.3 is 6.03 Å². The van der Waals surface area contributed by atoms with Crippen LogP contribution in [0.2, 0.25) is 0 Å². The third-order valence-electron chi connectivity index (χ3n) is 6.27. The van der Waals surface area contributed by atoms with E-state index >= 15 is 0 Å². The number of nitrogens with zero attached hydrogens (tertiary/aromatic N) is 4. The Bertz CT molecular complexity index is 1360. The number of hydrogen-bond donors (Lipinski definition) is 2. The molecular weight excluding hydrogens is 432 g/mol. The monoisotopic (exact) mass is 454 g/mol. The Hall–Kier alpha value is -4.45. The molecule has 2 aromatic heterocycles. The van der Waals surface area contributed by atoms with Gasteiger partial charge in [0.2, 0.25) is 0 Å². The number of nitrogens with one attached hydrogen (secondary N) is 2. The third-order valence-corrected chi connectivity index (χ3v) is 6.27. The van der Waals surface area contributed by atoms with Crippen molar-refractivity contribution in [2.75, 3.05) is 23.7 Å². The topological polar surface area (TPSA) is 120 Å². The fraction of sp³-hybridized carbons (Fsp3) is 0.240. The van der Waals surface area contributed by atoms with Gasteiger partial charge in [0, 0.05) is 43.1 Å². The third kappa shape index (κ3) is 4.13. The van der Waals surface area contributed by atoms with Gasteiger partial charge in [-0.3, -0.25) is 14.6 Å². The molecule has 0 radical (unpaired) electrons. The number of anilines is 2. The number of benzene rings is 1. The summed E-state index contributed by atoms with van der Waals surface area (Å²) in [5, 5.41) is 14.3. The first-order chi connectivity index (χ1) is 16.5. The lowest BCUT2D eigenvalue weighted by molar-refractivity contribution is 0.0589. The van der Waals surface area contributed by atoms with Crippen LogP contribution in [0.5, 0.6) is 0 Å². The molecule has 9 heteroatoms. The molecule has 0 saturated carbocycles. The van der Waals surface area contributed by atoms with Gasteiger partial charge in [0.25, 0.3) is 11.5 Å². The Balaban J connectivity index is 1.32. The van der Waals surface area contributed by atoms with Gasteiger partial charge < -0.3 is 20.1 Å². The summed E-state index contributed by atoms with van der Waals surface area (Å²) in [7, 11) is 0. The normalized spacial score (nSPS) is 18.4. The van der Waals surface area contributed by atoms with E-state index in [1.165, 1.54) is 0 Å². The first-order valence-corrected chi connectivity index (χ1v) is 11.0. The molecule has 2 aliphatic heterocycles. The molecule has 0 spiro atoms. The summed E-state index contributed by atoms with van der Waals surface area (Å²) < 4.78 is 1.72. The molecule has 2 N–H and O–H groups in total. The summed E-state index contributed by atoms with van der Waals surface area (Å²) in [6.45, 7) is 1.57. The van der Waals surface area contributed by atoms with Crippen LogP contribution in [0.4, 0.5) is 16.2 Å². The summed E-state index contributed by atoms with van der Waals surface area (Å²) in [5.74, 6) is 0.0976. The summed E-state index contributed by atoms with van der Waals surface area (Å²) in [4.78, 5) is 44.5. The molecule has 3 aromatic rings. The van der Waals surface area contributed by atoms with E-state index in [-0.39, 0.29) is 29.0 Å². The first kappa shape index (κ1) is 21.4. The van der Waals surface area contributed by atoms with Gasteiger partial charge in [-0.25, -0.2) is 4.79 Å². The molecule has 0 unspecified atom stereocenters. The number of likely N-dealkylation sites (tertiary alicyclic amines) is 1. The molecule has 5 rings (SSSR count). The van der Waals surface area contributed by atoms with Crippen molar-refractivity contribution in [2.45, 2.75) is 18.9 Å². The maximum Gasteiger partial charge on any atom is 0.323 e. The Morgan fingerprint density at radius 1 is 1.03 bits per heavy atom. The zero-order valence-electron chi connectivity index (χ0n) is 18.3. The molecule has 9 nitrogen and oxygen atoms in total. The minimum absolute atomic E-state index is 0.0458. The quantitative estimate of drug-likeness (QED) is 0.630. The van der Waals surface area contributed by atoms with Gasteiger partial charge in [-0.15, -0.1) is 0 Å². The van der Waals surface area contributed by atoms with E-state index in [2.05, 4.69) is 15.6 Å². The molecule has 1 saturated heterocycles. The van der Waals surface area contributed by atoms with E-state index in [1.54, 1.807) is 59.3 Å². The van der Waals surface area contributed by atoms with Crippen LogP contribution in [0.15, 0.2) is 65.6 Å². The van der Waals surface area contributed by atoms with Crippen LogP contribution in [0.1, 0.15) is 34.1 Å². The van der Waals surface area contributed by atoms with Crippen molar-refractivity contribution in [1.29, 1.82) is 5.26 Å². The van der Waals surface area contributed by atoms with Gasteiger partial charge in [0.1, 0.15) is 11.4 Å². The molecule has 1 aromatic carbocycles. The number of urea groups is 1. The van der Waals surface area contributed by atoms with Crippen molar-refractivity contribution >= 4 is 23.3 Å². The molecule has 4 heterocycles. The number of rotatable bonds is 3. The Kier molecular flexibility index (Phi) is 5.55. The zero-order chi connectivity index (χ0) is 23.7. The van der Waals surface area contributed by atoms with Crippen molar-refractivity contribution < 1.29 is 9.59 Å². The summed E-state index contributed by atoms with van der Waals surface area (Å²) >= 11 is 0. The number of pyridine rings is 2. The molecule has 0 aliphatic carbocycles. The van der Waals surface area contributed by atoms with E-state index in [0.717, 1.165) is 12.1 Å². The summed E-state index contributed by atoms with van der Waals surface area (Å²) in [6.07, 6.45) is 2.52. The van der Waals surface area contributed by atoms with Crippen LogP contribution in [-0.4, -0.2) is 39.5 Å². The average molecular weight is 454 g/mol. The number of carbonyl (C=O) groups is 2. The van der Waals surface area contributed by atoms with E-state index in [0.29, 0.717) is 36.6 Å². The highest BCUT2D eigenvalue weighted by molar-refractivity contribution is 5.99. The molecule has 34 heavy (non-hydrogen) atoms. The second-order valence-electron chi connectivity index (χ2n) is 8.58. The minimum atomic E-state index is -0.559. The fourth-order valence-electron chi connectivity index (χ4n) is 4.81. The number of fused-ring (bicyclic) bond motifs is 4. The SMILES string of the molecule is N#Cc1cccc(NC(=O)Nc2ccc3n(c2=O)C[C@@H]2C[C@@H]3CN(C(=O)c3ccccn3)C2)c1. The number of amides is 3. The predicted molar refractivity (Wildman–Crippen MR) is 125 cm³/mol. The first-order valence-electron chi connectivity index (χ1n) is 11.0. The zero-order valence-corrected chi connectivity index (χ0v) is 18.3. The van der Waals surface area contributed by atoms with Crippen molar-refractivity contribution in [1.82, 2.24) is 14.5 Å². The highest BCUT2D eigenvalue weighted by atomic mass is 16.2. The van der Waals surface area contributed by atoms with Gasteiger partial charge in [-0.2, -0.15) is 5.26 Å². The molecule has 170 valence electrons. The largest absolute Gasteiger partial charge is 0.336 e. The van der Waals surface area contributed by atoms with E-state index in [1.807, 2.05) is 17.0 Å². The second kappa shape index (κ2) is 8.83. The lowest BCUT2D eigenvalue weighted by atomic mass is 9.83. The van der Waals surface area contributed by atoms with Crippen LogP contribution in [0.25, 0.3) is 0 Å². The number of hydrogen-bond acceptors (Lipinski definition) is 5. The standard InChI is InChI=1S/C25H22N6O3/c26-12-16-4-3-5-19(11-16)28-25(34)29-21-7-8-22-18-10-17(14-31(22)24(21)33)13-30(15-18)23(32)20-6-1-2-9-27-20/h1-9,11,17-18H,10,13-15H2,(H2,28,29,34)/t17-,18-/m1/s1. The number of carbonyl (C=O) groups excluding carboxylic acids is 2. The van der Waals surface area contributed by atoms with Crippen molar-refractivity contribution in [3.05, 3.63) is 88.1 Å².